The number of rotatable bonds is 6. The second-order valence-electron chi connectivity index (χ2n) is 26.2. The second kappa shape index (κ2) is 18.5. The van der Waals surface area contributed by atoms with Crippen LogP contribution in [0, 0.1) is 82.9 Å². The van der Waals surface area contributed by atoms with Gasteiger partial charge in [-0.15, -0.1) is 0 Å². The van der Waals surface area contributed by atoms with Crippen LogP contribution in [0.15, 0.2) is 0 Å². The molecule has 18 atom stereocenters. The lowest BCUT2D eigenvalue weighted by molar-refractivity contribution is -0.0547. The summed E-state index contributed by atoms with van der Waals surface area (Å²) in [7, 11) is 0. The van der Waals surface area contributed by atoms with Crippen molar-refractivity contribution in [1.29, 1.82) is 0 Å². The quantitative estimate of drug-likeness (QED) is 0.263. The molecule has 62 heavy (non-hydrogen) atoms. The third kappa shape index (κ3) is 7.86. The molecule has 4 heteroatoms. The van der Waals surface area contributed by atoms with E-state index in [-0.39, 0.29) is 0 Å². The van der Waals surface area contributed by atoms with Crippen LogP contribution in [0.25, 0.3) is 0 Å². The molecule has 13 fully saturated rings. The summed E-state index contributed by atoms with van der Waals surface area (Å²) in [5.74, 6) is 14.5. The standard InChI is InChI=1S/C58H93NOS2/c1-2-10-36(11-3-1)37-20-25-41(26-21-37)59(42-27-22-39(23-28-42)45-16-8-13-38-12-4-5-14-44(38)45)43-29-31-48-47-30-24-40(34-52(47)60-53(48)35-43)46-17-9-18-49-50-32-33-55-56(58(50)62-57(46)49)51-15-6-7-19-54(51)61-55/h36-58H,1-35H2. The van der Waals surface area contributed by atoms with Gasteiger partial charge in [0.2, 0.25) is 0 Å². The third-order valence-electron chi connectivity index (χ3n) is 23.9. The van der Waals surface area contributed by atoms with E-state index in [9.17, 15) is 0 Å². The van der Waals surface area contributed by atoms with Crippen LogP contribution in [0.4, 0.5) is 0 Å². The van der Waals surface area contributed by atoms with Crippen molar-refractivity contribution in [3.8, 4) is 0 Å². The van der Waals surface area contributed by atoms with E-state index in [4.69, 9.17) is 4.74 Å². The average molecular weight is 885 g/mol. The number of thioether (sulfide) groups is 2. The smallest absolute Gasteiger partial charge is 0.0625 e. The van der Waals surface area contributed by atoms with Gasteiger partial charge >= 0.3 is 0 Å². The third-order valence-corrected chi connectivity index (χ3v) is 27.7. The van der Waals surface area contributed by atoms with Crippen molar-refractivity contribution in [2.24, 2.45) is 82.9 Å². The van der Waals surface area contributed by atoms with Gasteiger partial charge in [0.15, 0.2) is 0 Å². The summed E-state index contributed by atoms with van der Waals surface area (Å²) in [6.07, 6.45) is 55.1. The molecule has 0 bridgehead atoms. The molecule has 10 aliphatic carbocycles. The Morgan fingerprint density at radius 2 is 0.806 bits per heavy atom. The Hall–Kier alpha value is 0.620. The van der Waals surface area contributed by atoms with E-state index >= 15 is 0 Å². The molecule has 3 saturated heterocycles. The van der Waals surface area contributed by atoms with Crippen LogP contribution < -0.4 is 0 Å². The Kier molecular flexibility index (Phi) is 12.7. The lowest BCUT2D eigenvalue weighted by atomic mass is 9.59. The Morgan fingerprint density at radius 1 is 0.290 bits per heavy atom. The highest BCUT2D eigenvalue weighted by Crippen LogP contribution is 2.66. The first-order valence-electron chi connectivity index (χ1n) is 29.5. The summed E-state index contributed by atoms with van der Waals surface area (Å²) in [5, 5.41) is 4.09. The van der Waals surface area contributed by atoms with Crippen LogP contribution in [0.3, 0.4) is 0 Å². The molecule has 0 spiro atoms. The lowest BCUT2D eigenvalue weighted by Crippen LogP contribution is -2.54. The fourth-order valence-corrected chi connectivity index (χ4v) is 26.1. The lowest BCUT2D eigenvalue weighted by Gasteiger charge is -2.52. The van der Waals surface area contributed by atoms with E-state index in [1.807, 2.05) is 0 Å². The van der Waals surface area contributed by atoms with Crippen LogP contribution in [0.2, 0.25) is 0 Å². The first kappa shape index (κ1) is 42.7. The van der Waals surface area contributed by atoms with Crippen molar-refractivity contribution >= 4 is 23.5 Å². The van der Waals surface area contributed by atoms with Crippen LogP contribution in [-0.4, -0.2) is 56.2 Å². The predicted octanol–water partition coefficient (Wildman–Crippen LogP) is 15.5. The molecule has 0 radical (unpaired) electrons. The molecule has 0 N–H and O–H groups in total. The monoisotopic (exact) mass is 884 g/mol. The van der Waals surface area contributed by atoms with Crippen LogP contribution in [0.5, 0.6) is 0 Å². The van der Waals surface area contributed by atoms with Gasteiger partial charge in [0, 0.05) is 39.1 Å². The molecule has 3 heterocycles. The molecule has 10 saturated carbocycles. The maximum atomic E-state index is 7.57. The van der Waals surface area contributed by atoms with Gasteiger partial charge in [-0.2, -0.15) is 23.5 Å². The van der Waals surface area contributed by atoms with E-state index < -0.39 is 0 Å². The van der Waals surface area contributed by atoms with Crippen molar-refractivity contribution in [2.45, 2.75) is 276 Å². The van der Waals surface area contributed by atoms with Gasteiger partial charge < -0.3 is 4.74 Å². The van der Waals surface area contributed by atoms with Crippen LogP contribution in [-0.2, 0) is 4.74 Å². The van der Waals surface area contributed by atoms with E-state index in [1.54, 1.807) is 128 Å². The minimum absolute atomic E-state index is 0.577. The molecular weight excluding hydrogens is 791 g/mol. The van der Waals surface area contributed by atoms with Crippen molar-refractivity contribution in [1.82, 2.24) is 4.90 Å². The molecule has 0 aromatic carbocycles. The normalized spacial score (nSPS) is 54.3. The molecule has 0 aromatic heterocycles. The Morgan fingerprint density at radius 3 is 1.63 bits per heavy atom. The summed E-state index contributed by atoms with van der Waals surface area (Å²) >= 11 is 5.16. The molecule has 3 aliphatic heterocycles. The molecule has 18 unspecified atom stereocenters. The van der Waals surface area contributed by atoms with Crippen molar-refractivity contribution < 1.29 is 4.74 Å². The van der Waals surface area contributed by atoms with Gasteiger partial charge in [-0.1, -0.05) is 83.5 Å². The average Bonchev–Trinajstić information content (AvgIpc) is 4.03. The SMILES string of the molecule is C1CCC(C2CCC(N(C3CCC(C4CCCC5CCCCC54)CC3)C3CCC4C(C3)OC3CC(C5CCCC6C7CCC8SC9CCCCC9C8C7SC56)CCC34)CC2)CC1. The van der Waals surface area contributed by atoms with E-state index in [1.165, 1.54) is 96.3 Å². The molecule has 2 nitrogen and oxygen atoms in total. The van der Waals surface area contributed by atoms with Gasteiger partial charge in [0.25, 0.3) is 0 Å². The maximum Gasteiger partial charge on any atom is 0.0625 e. The summed E-state index contributed by atoms with van der Waals surface area (Å²) in [6.45, 7) is 0. The van der Waals surface area contributed by atoms with Gasteiger partial charge in [-0.05, 0) is 224 Å². The van der Waals surface area contributed by atoms with Gasteiger partial charge in [0.1, 0.15) is 0 Å². The zero-order valence-corrected chi connectivity index (χ0v) is 41.3. The Labute approximate surface area is 390 Å². The summed E-state index contributed by atoms with van der Waals surface area (Å²) in [4.78, 5) is 3.35. The zero-order chi connectivity index (χ0) is 40.7. The van der Waals surface area contributed by atoms with E-state index in [2.05, 4.69) is 28.4 Å². The molecule has 348 valence electrons. The highest BCUT2D eigenvalue weighted by atomic mass is 32.2. The highest BCUT2D eigenvalue weighted by Gasteiger charge is 2.60. The van der Waals surface area contributed by atoms with Crippen LogP contribution >= 0.6 is 23.5 Å². The molecule has 13 rings (SSSR count). The van der Waals surface area contributed by atoms with Gasteiger partial charge in [0.05, 0.1) is 12.2 Å². The largest absolute Gasteiger partial charge is 0.374 e. The second-order valence-corrected chi connectivity index (χ2v) is 29.0. The Balaban J connectivity index is 0.676. The minimum atomic E-state index is 0.577. The fraction of sp³-hybridized carbons (Fsp3) is 1.00. The van der Waals surface area contributed by atoms with Gasteiger partial charge in [-0.25, -0.2) is 0 Å². The summed E-state index contributed by atoms with van der Waals surface area (Å²) < 4.78 is 7.57. The van der Waals surface area contributed by atoms with Crippen LogP contribution in [0.1, 0.15) is 225 Å². The number of fused-ring (bicyclic) bond motifs is 11. The molecule has 0 amide bonds. The molecule has 13 aliphatic rings. The number of hydrogen-bond acceptors (Lipinski definition) is 4. The topological polar surface area (TPSA) is 12.5 Å². The summed E-state index contributed by atoms with van der Waals surface area (Å²) in [6, 6.07) is 2.55. The van der Waals surface area contributed by atoms with Crippen molar-refractivity contribution in [3.05, 3.63) is 0 Å². The maximum absolute atomic E-state index is 7.57. The van der Waals surface area contributed by atoms with Crippen molar-refractivity contribution in [2.75, 3.05) is 0 Å². The minimum Gasteiger partial charge on any atom is -0.374 e. The first-order valence-corrected chi connectivity index (χ1v) is 31.3. The zero-order valence-electron chi connectivity index (χ0n) is 39.7. The fourth-order valence-electron chi connectivity index (χ4n) is 21.3. The first-order chi connectivity index (χ1) is 30.7. The van der Waals surface area contributed by atoms with Gasteiger partial charge in [-0.3, -0.25) is 4.90 Å². The number of hydrogen-bond donors (Lipinski definition) is 0. The van der Waals surface area contributed by atoms with E-state index in [0.717, 1.165) is 122 Å². The molecular formula is C58H93NOS2. The van der Waals surface area contributed by atoms with E-state index in [0.29, 0.717) is 12.2 Å². The van der Waals surface area contributed by atoms with Crippen molar-refractivity contribution in [3.63, 3.8) is 0 Å². The Bertz CT molecular complexity index is 1500. The molecule has 0 aromatic rings. The number of nitrogens with zero attached hydrogens (tertiary/aromatic N) is 1. The number of ether oxygens (including phenoxy) is 1. The summed E-state index contributed by atoms with van der Waals surface area (Å²) in [5.41, 5.74) is 0. The predicted molar refractivity (Wildman–Crippen MR) is 263 cm³/mol. The highest BCUT2D eigenvalue weighted by molar-refractivity contribution is 8.02.